The van der Waals surface area contributed by atoms with Crippen molar-refractivity contribution < 1.29 is 32.3 Å². The first-order valence-electron chi connectivity index (χ1n) is 14.6. The Kier molecular flexibility index (Phi) is 11.3. The fourth-order valence-corrected chi connectivity index (χ4v) is 6.73. The number of anilines is 1. The molecule has 0 unspecified atom stereocenters. The number of amides is 1. The summed E-state index contributed by atoms with van der Waals surface area (Å²) in [6.07, 6.45) is 5.92. The van der Waals surface area contributed by atoms with Crippen molar-refractivity contribution in [3.8, 4) is 11.5 Å². The maximum Gasteiger partial charge on any atom is 0.263 e. The molecule has 0 saturated carbocycles. The van der Waals surface area contributed by atoms with Gasteiger partial charge in [-0.25, -0.2) is 8.42 Å². The lowest BCUT2D eigenvalue weighted by Gasteiger charge is -2.31. The molecule has 0 radical (unpaired) electrons. The van der Waals surface area contributed by atoms with Crippen LogP contribution in [0.2, 0.25) is 0 Å². The molecule has 12 nitrogen and oxygen atoms in total. The molecule has 45 heavy (non-hydrogen) atoms. The number of aromatic nitrogens is 2. The zero-order valence-corrected chi connectivity index (χ0v) is 26.7. The second-order valence-electron chi connectivity index (χ2n) is 11.1. The number of nitrogens with one attached hydrogen (secondary N) is 2. The monoisotopic (exact) mass is 637 g/mol. The number of hydrogen-bond acceptors (Lipinski definition) is 9. The number of nitrogens with zero attached hydrogens (tertiary/aromatic N) is 3. The molecule has 240 valence electrons. The van der Waals surface area contributed by atoms with Crippen molar-refractivity contribution in [2.75, 3.05) is 53.3 Å². The Morgan fingerprint density at radius 3 is 2.38 bits per heavy atom. The van der Waals surface area contributed by atoms with E-state index in [1.807, 2.05) is 19.0 Å². The Labute approximate surface area is 263 Å². The molecule has 2 N–H and O–H groups in total. The lowest BCUT2D eigenvalue weighted by atomic mass is 9.91. The molecule has 0 spiro atoms. The number of ketones is 2. The Morgan fingerprint density at radius 1 is 1.07 bits per heavy atom. The van der Waals surface area contributed by atoms with Crippen LogP contribution in [0, 0.1) is 5.92 Å². The number of Topliss-reactive ketones (excluding diaryl/α,β-unsaturated/α-hetero) is 1. The van der Waals surface area contributed by atoms with Crippen LogP contribution in [-0.2, 0) is 21.2 Å². The minimum atomic E-state index is -3.77. The molecule has 1 aromatic heterocycles. The third-order valence-corrected chi connectivity index (χ3v) is 9.45. The van der Waals surface area contributed by atoms with Gasteiger partial charge in [-0.2, -0.15) is 9.40 Å². The summed E-state index contributed by atoms with van der Waals surface area (Å²) >= 11 is 0. The van der Waals surface area contributed by atoms with Gasteiger partial charge >= 0.3 is 0 Å². The zero-order valence-electron chi connectivity index (χ0n) is 25.9. The summed E-state index contributed by atoms with van der Waals surface area (Å²) in [6, 6.07) is 11.4. The molecule has 2 heterocycles. The number of piperidine rings is 1. The predicted octanol–water partition coefficient (Wildman–Crippen LogP) is 3.58. The molecule has 2 aromatic carbocycles. The molecular weight excluding hydrogens is 598 g/mol. The molecule has 1 saturated heterocycles. The molecule has 1 aliphatic heterocycles. The van der Waals surface area contributed by atoms with Crippen molar-refractivity contribution in [1.82, 2.24) is 19.4 Å². The first-order valence-corrected chi connectivity index (χ1v) is 16.0. The van der Waals surface area contributed by atoms with E-state index in [1.54, 1.807) is 42.5 Å². The van der Waals surface area contributed by atoms with E-state index in [0.29, 0.717) is 36.4 Å². The highest BCUT2D eigenvalue weighted by Gasteiger charge is 2.31. The molecule has 4 rings (SSSR count). The van der Waals surface area contributed by atoms with Gasteiger partial charge in [-0.15, -0.1) is 0 Å². The quantitative estimate of drug-likeness (QED) is 0.200. The SMILES string of the molecule is COc1cccc(OC)c1C(=O)Nc1cn[nH]c1C(=O)CC1CCN(S(=O)(=O)c2cccc(CC(=O)/C=C/CN(C)C)c2)CC1. The zero-order chi connectivity index (χ0) is 32.6. The number of H-pyrrole nitrogens is 1. The average Bonchev–Trinajstić information content (AvgIpc) is 3.49. The average molecular weight is 638 g/mol. The summed E-state index contributed by atoms with van der Waals surface area (Å²) < 4.78 is 38.9. The van der Waals surface area contributed by atoms with Gasteiger partial charge in [-0.3, -0.25) is 19.5 Å². The van der Waals surface area contributed by atoms with Gasteiger partial charge in [0.15, 0.2) is 11.6 Å². The van der Waals surface area contributed by atoms with Crippen LogP contribution < -0.4 is 14.8 Å². The fourth-order valence-electron chi connectivity index (χ4n) is 5.19. The van der Waals surface area contributed by atoms with E-state index in [0.717, 1.165) is 0 Å². The largest absolute Gasteiger partial charge is 0.496 e. The summed E-state index contributed by atoms with van der Waals surface area (Å²) in [6.45, 7) is 1.16. The highest BCUT2D eigenvalue weighted by molar-refractivity contribution is 7.89. The van der Waals surface area contributed by atoms with Gasteiger partial charge in [-0.1, -0.05) is 24.3 Å². The van der Waals surface area contributed by atoms with Gasteiger partial charge in [0.05, 0.1) is 31.0 Å². The Bertz CT molecular complexity index is 1640. The number of rotatable bonds is 14. The number of ether oxygens (including phenoxy) is 2. The van der Waals surface area contributed by atoms with Crippen molar-refractivity contribution in [3.63, 3.8) is 0 Å². The molecule has 0 aliphatic carbocycles. The number of sulfonamides is 1. The molecule has 1 amide bonds. The van der Waals surface area contributed by atoms with Crippen LogP contribution in [0.4, 0.5) is 5.69 Å². The summed E-state index contributed by atoms with van der Waals surface area (Å²) in [5, 5.41) is 9.36. The maximum atomic E-state index is 13.4. The van der Waals surface area contributed by atoms with Crippen LogP contribution in [0.5, 0.6) is 11.5 Å². The first-order chi connectivity index (χ1) is 21.5. The minimum absolute atomic E-state index is 0.0528. The first kappa shape index (κ1) is 33.6. The highest BCUT2D eigenvalue weighted by atomic mass is 32.2. The summed E-state index contributed by atoms with van der Waals surface area (Å²) in [5.74, 6) is -0.282. The number of likely N-dealkylation sites (N-methyl/N-ethyl adjacent to an activating group) is 1. The second kappa shape index (κ2) is 15.1. The molecular formula is C32H39N5O7S. The van der Waals surface area contributed by atoms with Gasteiger partial charge in [0, 0.05) is 32.5 Å². The van der Waals surface area contributed by atoms with E-state index in [-0.39, 0.29) is 65.3 Å². The van der Waals surface area contributed by atoms with Gasteiger partial charge in [0.25, 0.3) is 5.91 Å². The molecule has 13 heteroatoms. The lowest BCUT2D eigenvalue weighted by molar-refractivity contribution is -0.114. The van der Waals surface area contributed by atoms with Crippen LogP contribution >= 0.6 is 0 Å². The van der Waals surface area contributed by atoms with Gasteiger partial charge < -0.3 is 19.7 Å². The summed E-state index contributed by atoms with van der Waals surface area (Å²) in [7, 11) is 2.93. The minimum Gasteiger partial charge on any atom is -0.496 e. The topological polar surface area (TPSA) is 151 Å². The molecule has 3 aromatic rings. The van der Waals surface area contributed by atoms with E-state index < -0.39 is 15.9 Å². The van der Waals surface area contributed by atoms with Gasteiger partial charge in [-0.05, 0) is 68.8 Å². The third-order valence-electron chi connectivity index (χ3n) is 7.56. The number of carbonyl (C=O) groups is 3. The van der Waals surface area contributed by atoms with Crippen molar-refractivity contribution >= 4 is 33.2 Å². The number of hydrogen-bond donors (Lipinski definition) is 2. The number of allylic oxidation sites excluding steroid dienone is 1. The number of aromatic amines is 1. The number of carbonyl (C=O) groups excluding carboxylic acids is 3. The third kappa shape index (κ3) is 8.44. The van der Waals surface area contributed by atoms with Crippen LogP contribution in [0.25, 0.3) is 0 Å². The van der Waals surface area contributed by atoms with Crippen molar-refractivity contribution in [2.45, 2.75) is 30.6 Å². The van der Waals surface area contributed by atoms with Crippen molar-refractivity contribution in [2.24, 2.45) is 5.92 Å². The van der Waals surface area contributed by atoms with Gasteiger partial charge in [0.1, 0.15) is 22.8 Å². The Balaban J connectivity index is 1.35. The smallest absolute Gasteiger partial charge is 0.263 e. The molecule has 0 bridgehead atoms. The van der Waals surface area contributed by atoms with E-state index in [9.17, 15) is 22.8 Å². The molecule has 1 fully saturated rings. The van der Waals surface area contributed by atoms with E-state index in [1.165, 1.54) is 36.9 Å². The predicted molar refractivity (Wildman–Crippen MR) is 169 cm³/mol. The van der Waals surface area contributed by atoms with E-state index in [4.69, 9.17) is 9.47 Å². The van der Waals surface area contributed by atoms with Crippen LogP contribution in [0.1, 0.15) is 45.7 Å². The number of methoxy groups -OCH3 is 2. The Morgan fingerprint density at radius 2 is 1.73 bits per heavy atom. The van der Waals surface area contributed by atoms with E-state index >= 15 is 0 Å². The second-order valence-corrected chi connectivity index (χ2v) is 13.0. The van der Waals surface area contributed by atoms with Gasteiger partial charge in [0.2, 0.25) is 10.0 Å². The summed E-state index contributed by atoms with van der Waals surface area (Å²) in [5.41, 5.74) is 1.20. The van der Waals surface area contributed by atoms with Crippen molar-refractivity contribution in [3.05, 3.63) is 77.6 Å². The standard InChI is InChI=1S/C32H39N5O7S/c1-36(2)15-7-9-24(38)18-23-8-5-10-25(19-23)45(41,42)37-16-13-22(14-17-37)20-27(39)31-26(21-33-35-31)34-32(40)30-28(43-3)11-6-12-29(30)44-4/h5-12,19,21-22H,13-18,20H2,1-4H3,(H,33,35)(H,34,40)/b9-7+. The normalized spacial score (nSPS) is 14.5. The lowest BCUT2D eigenvalue weighted by Crippen LogP contribution is -2.39. The highest BCUT2D eigenvalue weighted by Crippen LogP contribution is 2.31. The fraction of sp³-hybridized carbons (Fsp3) is 0.375. The van der Waals surface area contributed by atoms with Crippen molar-refractivity contribution in [1.29, 1.82) is 0 Å². The molecule has 0 atom stereocenters. The number of benzene rings is 2. The Hall–Kier alpha value is -4.33. The van der Waals surface area contributed by atoms with Crippen LogP contribution in [0.15, 0.2) is 65.7 Å². The molecule has 1 aliphatic rings. The van der Waals surface area contributed by atoms with Crippen LogP contribution in [0.3, 0.4) is 0 Å². The van der Waals surface area contributed by atoms with Crippen LogP contribution in [-0.4, -0.2) is 93.2 Å². The van der Waals surface area contributed by atoms with E-state index in [2.05, 4.69) is 15.5 Å². The maximum absolute atomic E-state index is 13.4. The summed E-state index contributed by atoms with van der Waals surface area (Å²) in [4.78, 5) is 40.8.